The molecule has 0 aliphatic heterocycles. The summed E-state index contributed by atoms with van der Waals surface area (Å²) >= 11 is 3.73. The molecule has 0 saturated carbocycles. The largest absolute Gasteiger partial charge is 0.286 e. The SMILES string of the molecule is Brc1cnc2c3ccccc3c3ccc(-c4cccc(-c5nc(-c6ccccc6)nc(-c6ccccc6)n5)c4)cc3n12. The van der Waals surface area contributed by atoms with Gasteiger partial charge in [-0.2, -0.15) is 0 Å². The number of rotatable bonds is 4. The molecule has 3 heterocycles. The Morgan fingerprint density at radius 3 is 1.69 bits per heavy atom. The first-order valence-electron chi connectivity index (χ1n) is 13.7. The Morgan fingerprint density at radius 1 is 0.452 bits per heavy atom. The monoisotopic (exact) mass is 603 g/mol. The van der Waals surface area contributed by atoms with Crippen LogP contribution in [0.15, 0.2) is 138 Å². The molecule has 8 aromatic rings. The van der Waals surface area contributed by atoms with Crippen LogP contribution in [0.3, 0.4) is 0 Å². The van der Waals surface area contributed by atoms with Gasteiger partial charge in [0.1, 0.15) is 10.3 Å². The number of fused-ring (bicyclic) bond motifs is 6. The van der Waals surface area contributed by atoms with Gasteiger partial charge >= 0.3 is 0 Å². The maximum atomic E-state index is 4.92. The highest BCUT2D eigenvalue weighted by molar-refractivity contribution is 9.10. The lowest BCUT2D eigenvalue weighted by molar-refractivity contribution is 1.07. The van der Waals surface area contributed by atoms with Crippen molar-refractivity contribution in [1.82, 2.24) is 24.3 Å². The molecule has 5 aromatic carbocycles. The van der Waals surface area contributed by atoms with E-state index >= 15 is 0 Å². The van der Waals surface area contributed by atoms with E-state index in [9.17, 15) is 0 Å². The lowest BCUT2D eigenvalue weighted by Gasteiger charge is -2.12. The zero-order valence-electron chi connectivity index (χ0n) is 22.3. The molecule has 0 fully saturated rings. The van der Waals surface area contributed by atoms with Crippen molar-refractivity contribution in [2.24, 2.45) is 0 Å². The maximum absolute atomic E-state index is 4.92. The summed E-state index contributed by atoms with van der Waals surface area (Å²) in [6.07, 6.45) is 1.87. The highest BCUT2D eigenvalue weighted by atomic mass is 79.9. The molecule has 0 N–H and O–H groups in total. The average Bonchev–Trinajstić information content (AvgIpc) is 3.47. The number of hydrogen-bond acceptors (Lipinski definition) is 4. The molecule has 42 heavy (non-hydrogen) atoms. The summed E-state index contributed by atoms with van der Waals surface area (Å²) in [7, 11) is 0. The molecule has 0 unspecified atom stereocenters. The molecular formula is C36H22BrN5. The lowest BCUT2D eigenvalue weighted by atomic mass is 9.99. The zero-order chi connectivity index (χ0) is 28.0. The van der Waals surface area contributed by atoms with Gasteiger partial charge in [-0.15, -0.1) is 0 Å². The van der Waals surface area contributed by atoms with E-state index in [0.717, 1.165) is 49.0 Å². The van der Waals surface area contributed by atoms with E-state index in [-0.39, 0.29) is 0 Å². The minimum atomic E-state index is 0.635. The van der Waals surface area contributed by atoms with Crippen molar-refractivity contribution in [1.29, 1.82) is 0 Å². The van der Waals surface area contributed by atoms with E-state index in [2.05, 4.69) is 87.1 Å². The lowest BCUT2D eigenvalue weighted by Crippen LogP contribution is -2.00. The Kier molecular flexibility index (Phi) is 5.86. The molecule has 0 amide bonds. The van der Waals surface area contributed by atoms with Crippen molar-refractivity contribution in [2.45, 2.75) is 0 Å². The van der Waals surface area contributed by atoms with Crippen molar-refractivity contribution in [3.8, 4) is 45.3 Å². The van der Waals surface area contributed by atoms with Crippen molar-refractivity contribution in [2.75, 3.05) is 0 Å². The quantitative estimate of drug-likeness (QED) is 0.188. The van der Waals surface area contributed by atoms with Crippen molar-refractivity contribution in [3.05, 3.63) is 138 Å². The zero-order valence-corrected chi connectivity index (χ0v) is 23.9. The van der Waals surface area contributed by atoms with Crippen LogP contribution in [0.2, 0.25) is 0 Å². The molecule has 6 heteroatoms. The minimum Gasteiger partial charge on any atom is -0.286 e. The van der Waals surface area contributed by atoms with Crippen LogP contribution >= 0.6 is 15.9 Å². The molecule has 3 aromatic heterocycles. The van der Waals surface area contributed by atoms with Crippen molar-refractivity contribution >= 4 is 43.3 Å². The van der Waals surface area contributed by atoms with Crippen LogP contribution < -0.4 is 0 Å². The van der Waals surface area contributed by atoms with E-state index in [1.807, 2.05) is 66.9 Å². The normalized spacial score (nSPS) is 11.5. The number of hydrogen-bond donors (Lipinski definition) is 0. The van der Waals surface area contributed by atoms with Gasteiger partial charge in [0.25, 0.3) is 0 Å². The Morgan fingerprint density at radius 2 is 1.00 bits per heavy atom. The van der Waals surface area contributed by atoms with Gasteiger partial charge in [-0.3, -0.25) is 4.40 Å². The topological polar surface area (TPSA) is 56.0 Å². The van der Waals surface area contributed by atoms with Crippen molar-refractivity contribution in [3.63, 3.8) is 0 Å². The van der Waals surface area contributed by atoms with Crippen LogP contribution in [0.25, 0.3) is 72.6 Å². The first-order valence-corrected chi connectivity index (χ1v) is 14.5. The third-order valence-electron chi connectivity index (χ3n) is 7.57. The Balaban J connectivity index is 1.30. The Hall–Kier alpha value is -5.20. The summed E-state index contributed by atoms with van der Waals surface area (Å²) in [5, 5.41) is 3.49. The van der Waals surface area contributed by atoms with Gasteiger partial charge in [-0.05, 0) is 44.6 Å². The second-order valence-corrected chi connectivity index (χ2v) is 10.9. The van der Waals surface area contributed by atoms with Gasteiger partial charge in [0.05, 0.1) is 11.7 Å². The summed E-state index contributed by atoms with van der Waals surface area (Å²) in [5.74, 6) is 1.93. The van der Waals surface area contributed by atoms with E-state index in [1.54, 1.807) is 0 Å². The molecule has 0 spiro atoms. The number of pyridine rings is 1. The third kappa shape index (κ3) is 4.16. The smallest absolute Gasteiger partial charge is 0.164 e. The van der Waals surface area contributed by atoms with Gasteiger partial charge in [0.2, 0.25) is 0 Å². The van der Waals surface area contributed by atoms with E-state index in [4.69, 9.17) is 19.9 Å². The number of benzene rings is 5. The molecule has 0 aliphatic carbocycles. The van der Waals surface area contributed by atoms with E-state index in [1.165, 1.54) is 10.8 Å². The van der Waals surface area contributed by atoms with Crippen LogP contribution in [0.5, 0.6) is 0 Å². The van der Waals surface area contributed by atoms with Crippen LogP contribution in [0.1, 0.15) is 0 Å². The molecular weight excluding hydrogens is 582 g/mol. The van der Waals surface area contributed by atoms with Crippen LogP contribution in [0.4, 0.5) is 0 Å². The average molecular weight is 605 g/mol. The molecule has 5 nitrogen and oxygen atoms in total. The fourth-order valence-electron chi connectivity index (χ4n) is 5.56. The van der Waals surface area contributed by atoms with E-state index in [0.29, 0.717) is 17.5 Å². The molecule has 8 rings (SSSR count). The molecule has 0 aliphatic rings. The highest BCUT2D eigenvalue weighted by Crippen LogP contribution is 2.35. The maximum Gasteiger partial charge on any atom is 0.164 e. The molecule has 0 bridgehead atoms. The summed E-state index contributed by atoms with van der Waals surface area (Å²) in [6, 6.07) is 43.5. The number of nitrogens with zero attached hydrogens (tertiary/aromatic N) is 5. The fraction of sp³-hybridized carbons (Fsp3) is 0. The summed E-state index contributed by atoms with van der Waals surface area (Å²) in [4.78, 5) is 19.4. The predicted octanol–water partition coefficient (Wildman–Crippen LogP) is 9.26. The summed E-state index contributed by atoms with van der Waals surface area (Å²) < 4.78 is 3.10. The minimum absolute atomic E-state index is 0.635. The second kappa shape index (κ2) is 10.0. The Labute approximate surface area is 250 Å². The van der Waals surface area contributed by atoms with Gasteiger partial charge < -0.3 is 0 Å². The number of imidazole rings is 1. The summed E-state index contributed by atoms with van der Waals surface area (Å²) in [5.41, 5.74) is 7.03. The van der Waals surface area contributed by atoms with Crippen molar-refractivity contribution < 1.29 is 0 Å². The molecule has 0 radical (unpaired) electrons. The van der Waals surface area contributed by atoms with Gasteiger partial charge in [0, 0.05) is 27.5 Å². The predicted molar refractivity (Wildman–Crippen MR) is 173 cm³/mol. The van der Waals surface area contributed by atoms with Gasteiger partial charge in [0.15, 0.2) is 17.5 Å². The fourth-order valence-corrected chi connectivity index (χ4v) is 6.02. The standard InChI is InChI=1S/C36H22BrN5/c37-32-22-38-36-30-17-8-7-16-28(30)29-19-18-26(21-31(29)42(32)36)25-14-9-15-27(20-25)35-40-33(23-10-3-1-4-11-23)39-34(41-35)24-12-5-2-6-13-24/h1-22H. The number of aromatic nitrogens is 5. The van der Waals surface area contributed by atoms with Gasteiger partial charge in [-0.25, -0.2) is 19.9 Å². The Bertz CT molecular complexity index is 2200. The number of halogens is 1. The molecule has 0 saturated heterocycles. The van der Waals surface area contributed by atoms with E-state index < -0.39 is 0 Å². The van der Waals surface area contributed by atoms with Crippen LogP contribution in [0, 0.1) is 0 Å². The second-order valence-electron chi connectivity index (χ2n) is 10.1. The van der Waals surface area contributed by atoms with Crippen LogP contribution in [-0.2, 0) is 0 Å². The molecule has 198 valence electrons. The van der Waals surface area contributed by atoms with Crippen LogP contribution in [-0.4, -0.2) is 24.3 Å². The highest BCUT2D eigenvalue weighted by Gasteiger charge is 2.15. The first kappa shape index (κ1) is 24.6. The first-order chi connectivity index (χ1) is 20.7. The molecule has 0 atom stereocenters. The third-order valence-corrected chi connectivity index (χ3v) is 8.13. The summed E-state index contributed by atoms with van der Waals surface area (Å²) in [6.45, 7) is 0. The van der Waals surface area contributed by atoms with Gasteiger partial charge in [-0.1, -0.05) is 115 Å².